The van der Waals surface area contributed by atoms with Gasteiger partial charge in [0.1, 0.15) is 10.7 Å². The molecule has 2 atom stereocenters. The van der Waals surface area contributed by atoms with Gasteiger partial charge < -0.3 is 5.73 Å². The van der Waals surface area contributed by atoms with Gasteiger partial charge in [0, 0.05) is 18.8 Å². The molecular weight excluding hydrogens is 267 g/mol. The Morgan fingerprint density at radius 1 is 1.47 bits per heavy atom. The van der Waals surface area contributed by atoms with Gasteiger partial charge in [-0.15, -0.1) is 0 Å². The van der Waals surface area contributed by atoms with Crippen LogP contribution < -0.4 is 5.73 Å². The summed E-state index contributed by atoms with van der Waals surface area (Å²) in [5, 5.41) is 0. The monoisotopic (exact) mass is 286 g/mol. The Morgan fingerprint density at radius 3 is 2.68 bits per heavy atom. The molecule has 19 heavy (non-hydrogen) atoms. The Hall–Kier alpha value is -0.980. The number of nitrogens with two attached hydrogens (primary N) is 1. The quantitative estimate of drug-likeness (QED) is 0.906. The molecule has 106 valence electrons. The molecule has 2 N–H and O–H groups in total. The molecule has 0 bridgehead atoms. The van der Waals surface area contributed by atoms with Crippen molar-refractivity contribution in [2.45, 2.75) is 17.4 Å². The summed E-state index contributed by atoms with van der Waals surface area (Å²) in [6.07, 6.45) is 1.90. The number of likely N-dealkylation sites (tertiary alicyclic amines) is 1. The first kappa shape index (κ1) is 14.4. The van der Waals surface area contributed by atoms with Gasteiger partial charge in [-0.25, -0.2) is 12.8 Å². The second-order valence-electron chi connectivity index (χ2n) is 5.25. The van der Waals surface area contributed by atoms with Gasteiger partial charge in [-0.1, -0.05) is 6.07 Å². The summed E-state index contributed by atoms with van der Waals surface area (Å²) in [5.41, 5.74) is 6.51. The number of nitrogens with zero attached hydrogens (tertiary/aromatic N) is 1. The number of rotatable bonds is 3. The first-order chi connectivity index (χ1) is 8.82. The molecule has 0 aromatic heterocycles. The summed E-state index contributed by atoms with van der Waals surface area (Å²) in [7, 11) is -1.56. The molecule has 0 amide bonds. The Labute approximate surface area is 113 Å². The van der Waals surface area contributed by atoms with Crippen LogP contribution in [0.1, 0.15) is 18.0 Å². The zero-order chi connectivity index (χ0) is 14.2. The van der Waals surface area contributed by atoms with Crippen molar-refractivity contribution < 1.29 is 12.8 Å². The molecule has 4 nitrogen and oxygen atoms in total. The molecule has 0 saturated carbocycles. The third-order valence-corrected chi connectivity index (χ3v) is 4.82. The van der Waals surface area contributed by atoms with Crippen molar-refractivity contribution in [3.8, 4) is 0 Å². The molecule has 6 heteroatoms. The number of halogens is 1. The summed E-state index contributed by atoms with van der Waals surface area (Å²) >= 11 is 0. The lowest BCUT2D eigenvalue weighted by molar-refractivity contribution is 0.313. The van der Waals surface area contributed by atoms with Gasteiger partial charge in [-0.3, -0.25) is 4.90 Å². The van der Waals surface area contributed by atoms with E-state index in [4.69, 9.17) is 5.73 Å². The van der Waals surface area contributed by atoms with E-state index >= 15 is 0 Å². The van der Waals surface area contributed by atoms with E-state index in [9.17, 15) is 12.8 Å². The van der Waals surface area contributed by atoms with E-state index in [1.165, 1.54) is 12.1 Å². The highest BCUT2D eigenvalue weighted by molar-refractivity contribution is 7.90. The Balaban J connectivity index is 2.37. The molecular formula is C13H19FN2O2S. The molecule has 1 aromatic carbocycles. The van der Waals surface area contributed by atoms with E-state index in [2.05, 4.69) is 4.90 Å². The second-order valence-corrected chi connectivity index (χ2v) is 7.24. The van der Waals surface area contributed by atoms with Crippen LogP contribution in [0.5, 0.6) is 0 Å². The third-order valence-electron chi connectivity index (χ3n) is 3.71. The molecule has 1 aliphatic heterocycles. The van der Waals surface area contributed by atoms with Gasteiger partial charge in [0.25, 0.3) is 0 Å². The van der Waals surface area contributed by atoms with Crippen molar-refractivity contribution in [2.75, 3.05) is 26.4 Å². The standard InChI is InChI=1S/C13H19FN2O2S/c1-16-8-9(7-15)5-12(16)10-3-4-11(14)13(6-10)19(2,17)18/h3-4,6,9,12H,5,7-8,15H2,1-2H3. The van der Waals surface area contributed by atoms with Crippen molar-refractivity contribution in [3.05, 3.63) is 29.6 Å². The van der Waals surface area contributed by atoms with Crippen molar-refractivity contribution in [1.82, 2.24) is 4.90 Å². The fourth-order valence-electron chi connectivity index (χ4n) is 2.68. The molecule has 0 aliphatic carbocycles. The minimum absolute atomic E-state index is 0.106. The van der Waals surface area contributed by atoms with E-state index in [-0.39, 0.29) is 10.9 Å². The highest BCUT2D eigenvalue weighted by Crippen LogP contribution is 2.34. The van der Waals surface area contributed by atoms with Crippen LogP contribution in [0.4, 0.5) is 4.39 Å². The molecule has 1 heterocycles. The van der Waals surface area contributed by atoms with Crippen molar-refractivity contribution in [1.29, 1.82) is 0 Å². The van der Waals surface area contributed by atoms with Crippen LogP contribution in [0.15, 0.2) is 23.1 Å². The number of sulfone groups is 1. The number of benzene rings is 1. The lowest BCUT2D eigenvalue weighted by Gasteiger charge is -2.20. The molecule has 2 rings (SSSR count). The minimum atomic E-state index is -3.54. The molecule has 0 spiro atoms. The summed E-state index contributed by atoms with van der Waals surface area (Å²) in [4.78, 5) is 1.91. The van der Waals surface area contributed by atoms with Crippen LogP contribution in [0.2, 0.25) is 0 Å². The van der Waals surface area contributed by atoms with Crippen molar-refractivity contribution >= 4 is 9.84 Å². The zero-order valence-corrected chi connectivity index (χ0v) is 12.0. The summed E-state index contributed by atoms with van der Waals surface area (Å²) < 4.78 is 36.7. The minimum Gasteiger partial charge on any atom is -0.330 e. The third kappa shape index (κ3) is 2.96. The van der Waals surface area contributed by atoms with Crippen LogP contribution in [0.25, 0.3) is 0 Å². The first-order valence-corrected chi connectivity index (χ1v) is 8.12. The van der Waals surface area contributed by atoms with E-state index < -0.39 is 15.7 Å². The maximum absolute atomic E-state index is 13.6. The second kappa shape index (κ2) is 5.19. The maximum Gasteiger partial charge on any atom is 0.178 e. The van der Waals surface area contributed by atoms with Gasteiger partial charge in [0.05, 0.1) is 0 Å². The predicted octanol–water partition coefficient (Wildman–Crippen LogP) is 1.18. The highest BCUT2D eigenvalue weighted by atomic mass is 32.2. The SMILES string of the molecule is CN1CC(CN)CC1c1ccc(F)c(S(C)(=O)=O)c1. The van der Waals surface area contributed by atoms with Crippen molar-refractivity contribution in [2.24, 2.45) is 11.7 Å². The van der Waals surface area contributed by atoms with Gasteiger partial charge in [-0.05, 0) is 43.6 Å². The average Bonchev–Trinajstić information content (AvgIpc) is 2.70. The van der Waals surface area contributed by atoms with E-state index in [1.807, 2.05) is 7.05 Å². The van der Waals surface area contributed by atoms with Crippen LogP contribution in [-0.2, 0) is 9.84 Å². The molecule has 1 aromatic rings. The van der Waals surface area contributed by atoms with E-state index in [0.717, 1.165) is 24.8 Å². The molecule has 1 saturated heterocycles. The normalized spacial score (nSPS) is 24.8. The fraction of sp³-hybridized carbons (Fsp3) is 0.538. The molecule has 2 unspecified atom stereocenters. The van der Waals surface area contributed by atoms with Gasteiger partial charge in [-0.2, -0.15) is 0 Å². The van der Waals surface area contributed by atoms with Crippen LogP contribution >= 0.6 is 0 Å². The van der Waals surface area contributed by atoms with Crippen LogP contribution in [-0.4, -0.2) is 39.7 Å². The van der Waals surface area contributed by atoms with Gasteiger partial charge in [0.2, 0.25) is 0 Å². The Morgan fingerprint density at radius 2 is 2.16 bits per heavy atom. The maximum atomic E-state index is 13.6. The van der Waals surface area contributed by atoms with E-state index in [0.29, 0.717) is 12.5 Å². The Kier molecular flexibility index (Phi) is 3.94. The van der Waals surface area contributed by atoms with Gasteiger partial charge in [0.15, 0.2) is 9.84 Å². The fourth-order valence-corrected chi connectivity index (χ4v) is 3.45. The first-order valence-electron chi connectivity index (χ1n) is 6.22. The van der Waals surface area contributed by atoms with E-state index in [1.54, 1.807) is 6.07 Å². The largest absolute Gasteiger partial charge is 0.330 e. The number of hydrogen-bond donors (Lipinski definition) is 1. The van der Waals surface area contributed by atoms with Crippen molar-refractivity contribution in [3.63, 3.8) is 0 Å². The highest BCUT2D eigenvalue weighted by Gasteiger charge is 2.30. The zero-order valence-electron chi connectivity index (χ0n) is 11.1. The van der Waals surface area contributed by atoms with Crippen LogP contribution in [0, 0.1) is 11.7 Å². The summed E-state index contributed by atoms with van der Waals surface area (Å²) in [6.45, 7) is 1.49. The molecule has 1 fully saturated rings. The number of hydrogen-bond acceptors (Lipinski definition) is 4. The van der Waals surface area contributed by atoms with Crippen LogP contribution in [0.3, 0.4) is 0 Å². The lowest BCUT2D eigenvalue weighted by atomic mass is 10.00. The summed E-state index contributed by atoms with van der Waals surface area (Å²) in [6, 6.07) is 4.44. The smallest absolute Gasteiger partial charge is 0.178 e. The van der Waals surface area contributed by atoms with Gasteiger partial charge >= 0.3 is 0 Å². The summed E-state index contributed by atoms with van der Waals surface area (Å²) in [5.74, 6) is -0.288. The average molecular weight is 286 g/mol. The Bertz CT molecular complexity index is 574. The topological polar surface area (TPSA) is 63.4 Å². The molecule has 0 radical (unpaired) electrons. The predicted molar refractivity (Wildman–Crippen MR) is 72.0 cm³/mol. The molecule has 1 aliphatic rings. The lowest BCUT2D eigenvalue weighted by Crippen LogP contribution is -2.20.